The van der Waals surface area contributed by atoms with E-state index in [0.717, 1.165) is 22.3 Å². The third-order valence-electron chi connectivity index (χ3n) is 2.56. The van der Waals surface area contributed by atoms with Crippen LogP contribution in [-0.4, -0.2) is 4.98 Å². The molecule has 1 heterocycles. The number of nitrogens with one attached hydrogen (secondary N) is 1. The first kappa shape index (κ1) is 10.2. The van der Waals surface area contributed by atoms with Crippen LogP contribution in [0.3, 0.4) is 0 Å². The number of benzene rings is 1. The standard InChI is InChI=1S/C12H12ClNO/c1-6-4-7(2)10-9(5-6)14-8(3)11(13)12(10)15/h4-5H,1-3H3,(H,14,15). The van der Waals surface area contributed by atoms with Crippen molar-refractivity contribution in [2.75, 3.05) is 0 Å². The van der Waals surface area contributed by atoms with Gasteiger partial charge in [-0.2, -0.15) is 0 Å². The highest BCUT2D eigenvalue weighted by Gasteiger charge is 2.09. The summed E-state index contributed by atoms with van der Waals surface area (Å²) >= 11 is 5.92. The molecule has 0 spiro atoms. The molecular formula is C12H12ClNO. The highest BCUT2D eigenvalue weighted by atomic mass is 35.5. The Morgan fingerprint density at radius 1 is 1.20 bits per heavy atom. The average molecular weight is 222 g/mol. The number of fused-ring (bicyclic) bond motifs is 1. The summed E-state index contributed by atoms with van der Waals surface area (Å²) in [6.07, 6.45) is 0. The van der Waals surface area contributed by atoms with Crippen molar-refractivity contribution in [1.82, 2.24) is 4.98 Å². The first-order chi connectivity index (χ1) is 7.00. The molecule has 0 amide bonds. The lowest BCUT2D eigenvalue weighted by molar-refractivity contribution is 1.23. The van der Waals surface area contributed by atoms with Crippen molar-refractivity contribution >= 4 is 22.5 Å². The Bertz CT molecular complexity index is 599. The normalized spacial score (nSPS) is 10.9. The van der Waals surface area contributed by atoms with Crippen LogP contribution in [0.4, 0.5) is 0 Å². The SMILES string of the molecule is Cc1cc(C)c2c(=O)c(Cl)c(C)[nH]c2c1. The van der Waals surface area contributed by atoms with Crippen LogP contribution in [0.25, 0.3) is 10.9 Å². The number of aromatic nitrogens is 1. The predicted molar refractivity (Wildman–Crippen MR) is 63.8 cm³/mol. The third kappa shape index (κ3) is 1.55. The van der Waals surface area contributed by atoms with Gasteiger partial charge in [0, 0.05) is 11.1 Å². The lowest BCUT2D eigenvalue weighted by atomic mass is 10.1. The van der Waals surface area contributed by atoms with Crippen molar-refractivity contribution in [3.63, 3.8) is 0 Å². The summed E-state index contributed by atoms with van der Waals surface area (Å²) in [5.74, 6) is 0. The van der Waals surface area contributed by atoms with E-state index in [4.69, 9.17) is 11.6 Å². The number of pyridine rings is 1. The van der Waals surface area contributed by atoms with Crippen molar-refractivity contribution in [3.05, 3.63) is 44.2 Å². The average Bonchev–Trinajstić information content (AvgIpc) is 2.13. The fourth-order valence-electron chi connectivity index (χ4n) is 1.90. The highest BCUT2D eigenvalue weighted by Crippen LogP contribution is 2.19. The van der Waals surface area contributed by atoms with E-state index < -0.39 is 0 Å². The second-order valence-electron chi connectivity index (χ2n) is 3.90. The number of hydrogen-bond acceptors (Lipinski definition) is 1. The molecule has 0 saturated carbocycles. The maximum atomic E-state index is 11.9. The molecule has 2 rings (SSSR count). The molecule has 0 aliphatic heterocycles. The van der Waals surface area contributed by atoms with Gasteiger partial charge in [-0.05, 0) is 38.0 Å². The monoisotopic (exact) mass is 221 g/mol. The van der Waals surface area contributed by atoms with Crippen molar-refractivity contribution in [2.45, 2.75) is 20.8 Å². The molecule has 0 aliphatic carbocycles. The molecule has 0 bridgehead atoms. The maximum Gasteiger partial charge on any atom is 0.208 e. The van der Waals surface area contributed by atoms with Gasteiger partial charge in [-0.25, -0.2) is 0 Å². The lowest BCUT2D eigenvalue weighted by Crippen LogP contribution is -2.08. The van der Waals surface area contributed by atoms with E-state index in [1.165, 1.54) is 0 Å². The molecule has 2 aromatic rings. The van der Waals surface area contributed by atoms with Gasteiger partial charge in [0.25, 0.3) is 0 Å². The van der Waals surface area contributed by atoms with E-state index in [1.54, 1.807) is 6.92 Å². The number of halogens is 1. The molecule has 0 atom stereocenters. The molecule has 78 valence electrons. The summed E-state index contributed by atoms with van der Waals surface area (Å²) in [6.45, 7) is 5.74. The second kappa shape index (κ2) is 3.38. The van der Waals surface area contributed by atoms with Crippen molar-refractivity contribution in [1.29, 1.82) is 0 Å². The topological polar surface area (TPSA) is 32.9 Å². The number of H-pyrrole nitrogens is 1. The zero-order valence-corrected chi connectivity index (χ0v) is 9.70. The molecule has 15 heavy (non-hydrogen) atoms. The molecular weight excluding hydrogens is 210 g/mol. The van der Waals surface area contributed by atoms with E-state index in [1.807, 2.05) is 26.0 Å². The van der Waals surface area contributed by atoms with Gasteiger partial charge in [-0.3, -0.25) is 4.79 Å². The van der Waals surface area contributed by atoms with Gasteiger partial charge in [0.2, 0.25) is 5.43 Å². The lowest BCUT2D eigenvalue weighted by Gasteiger charge is -2.06. The first-order valence-electron chi connectivity index (χ1n) is 4.80. The van der Waals surface area contributed by atoms with Crippen LogP contribution in [0.2, 0.25) is 5.02 Å². The quantitative estimate of drug-likeness (QED) is 0.729. The maximum absolute atomic E-state index is 11.9. The zero-order valence-electron chi connectivity index (χ0n) is 8.94. The molecule has 0 fully saturated rings. The van der Waals surface area contributed by atoms with Crippen molar-refractivity contribution in [3.8, 4) is 0 Å². The Hall–Kier alpha value is -1.28. The molecule has 1 aromatic heterocycles. The van der Waals surface area contributed by atoms with E-state index >= 15 is 0 Å². The van der Waals surface area contributed by atoms with Crippen LogP contribution in [0.5, 0.6) is 0 Å². The smallest absolute Gasteiger partial charge is 0.208 e. The van der Waals surface area contributed by atoms with Crippen LogP contribution >= 0.6 is 11.6 Å². The molecule has 2 nitrogen and oxygen atoms in total. The van der Waals surface area contributed by atoms with Crippen molar-refractivity contribution < 1.29 is 0 Å². The fourth-order valence-corrected chi connectivity index (χ4v) is 2.05. The van der Waals surface area contributed by atoms with E-state index in [-0.39, 0.29) is 10.5 Å². The third-order valence-corrected chi connectivity index (χ3v) is 3.01. The largest absolute Gasteiger partial charge is 0.357 e. The molecule has 0 aliphatic rings. The van der Waals surface area contributed by atoms with Crippen LogP contribution in [-0.2, 0) is 0 Å². The van der Waals surface area contributed by atoms with E-state index in [2.05, 4.69) is 4.98 Å². The summed E-state index contributed by atoms with van der Waals surface area (Å²) in [5, 5.41) is 0.977. The molecule has 0 radical (unpaired) electrons. The highest BCUT2D eigenvalue weighted by molar-refractivity contribution is 6.31. The minimum atomic E-state index is -0.0829. The van der Waals surface area contributed by atoms with E-state index in [0.29, 0.717) is 5.39 Å². The van der Waals surface area contributed by atoms with Gasteiger partial charge >= 0.3 is 0 Å². The zero-order chi connectivity index (χ0) is 11.2. The number of aromatic amines is 1. The van der Waals surface area contributed by atoms with Crippen LogP contribution in [0.15, 0.2) is 16.9 Å². The van der Waals surface area contributed by atoms with Gasteiger partial charge in [-0.15, -0.1) is 0 Å². The first-order valence-corrected chi connectivity index (χ1v) is 5.18. The Morgan fingerprint density at radius 2 is 1.87 bits per heavy atom. The van der Waals surface area contributed by atoms with Crippen LogP contribution in [0.1, 0.15) is 16.8 Å². The Kier molecular flexibility index (Phi) is 2.31. The molecule has 1 N–H and O–H groups in total. The van der Waals surface area contributed by atoms with E-state index in [9.17, 15) is 4.79 Å². The summed E-state index contributed by atoms with van der Waals surface area (Å²) in [6, 6.07) is 3.95. The van der Waals surface area contributed by atoms with Crippen LogP contribution in [0, 0.1) is 20.8 Å². The molecule has 1 aromatic carbocycles. The summed E-state index contributed by atoms with van der Waals surface area (Å²) in [7, 11) is 0. The molecule has 0 saturated heterocycles. The Labute approximate surface area is 92.9 Å². The number of hydrogen-bond donors (Lipinski definition) is 1. The summed E-state index contributed by atoms with van der Waals surface area (Å²) in [4.78, 5) is 15.1. The minimum absolute atomic E-state index is 0.0829. The Morgan fingerprint density at radius 3 is 2.53 bits per heavy atom. The van der Waals surface area contributed by atoms with Gasteiger partial charge in [0.1, 0.15) is 5.02 Å². The second-order valence-corrected chi connectivity index (χ2v) is 4.28. The van der Waals surface area contributed by atoms with Gasteiger partial charge in [0.05, 0.1) is 5.52 Å². The molecule has 0 unspecified atom stereocenters. The van der Waals surface area contributed by atoms with Crippen molar-refractivity contribution in [2.24, 2.45) is 0 Å². The summed E-state index contributed by atoms with van der Waals surface area (Å²) < 4.78 is 0. The predicted octanol–water partition coefficient (Wildman–Crippen LogP) is 3.11. The minimum Gasteiger partial charge on any atom is -0.357 e. The van der Waals surface area contributed by atoms with Gasteiger partial charge < -0.3 is 4.98 Å². The molecule has 3 heteroatoms. The van der Waals surface area contributed by atoms with Gasteiger partial charge in [0.15, 0.2) is 0 Å². The summed E-state index contributed by atoms with van der Waals surface area (Å²) in [5.41, 5.74) is 3.60. The fraction of sp³-hybridized carbons (Fsp3) is 0.250. The number of aryl methyl sites for hydroxylation is 3. The van der Waals surface area contributed by atoms with Crippen LogP contribution < -0.4 is 5.43 Å². The van der Waals surface area contributed by atoms with Gasteiger partial charge in [-0.1, -0.05) is 17.7 Å². The Balaban J connectivity index is 3.06. The number of rotatable bonds is 0.